The van der Waals surface area contributed by atoms with Crippen LogP contribution in [0.5, 0.6) is 0 Å². The number of para-hydroxylation sites is 1. The number of nitrogens with one attached hydrogen (secondary N) is 1. The molecule has 0 saturated carbocycles. The van der Waals surface area contributed by atoms with Crippen molar-refractivity contribution in [3.63, 3.8) is 0 Å². The summed E-state index contributed by atoms with van der Waals surface area (Å²) in [6.45, 7) is 5.07. The Balaban J connectivity index is 1.41. The zero-order chi connectivity index (χ0) is 25.1. The molecule has 0 spiro atoms. The zero-order valence-electron chi connectivity index (χ0n) is 20.8. The van der Waals surface area contributed by atoms with Crippen molar-refractivity contribution in [2.24, 2.45) is 10.1 Å². The molecule has 36 heavy (non-hydrogen) atoms. The van der Waals surface area contributed by atoms with E-state index in [9.17, 15) is 4.79 Å². The van der Waals surface area contributed by atoms with Gasteiger partial charge in [0.05, 0.1) is 5.57 Å². The lowest BCUT2D eigenvalue weighted by atomic mass is 10.1. The second-order valence-electron chi connectivity index (χ2n) is 9.33. The monoisotopic (exact) mass is 497 g/mol. The van der Waals surface area contributed by atoms with Crippen LogP contribution in [0.3, 0.4) is 0 Å². The Labute approximate surface area is 216 Å². The number of hydrazone groups is 1. The first-order valence-electron chi connectivity index (χ1n) is 12.7. The van der Waals surface area contributed by atoms with Crippen LogP contribution in [-0.4, -0.2) is 31.5 Å². The maximum atomic E-state index is 13.0. The Bertz CT molecular complexity index is 1410. The molecule has 3 heterocycles. The minimum absolute atomic E-state index is 0.0919. The number of amides is 1. The molecule has 0 radical (unpaired) electrons. The number of hydrogen-bond donors (Lipinski definition) is 1. The summed E-state index contributed by atoms with van der Waals surface area (Å²) in [5, 5.41) is 17.4. The third-order valence-corrected chi connectivity index (χ3v) is 7.68. The van der Waals surface area contributed by atoms with E-state index in [-0.39, 0.29) is 17.3 Å². The van der Waals surface area contributed by atoms with Crippen molar-refractivity contribution in [1.82, 2.24) is 9.58 Å². The molecule has 3 aromatic rings. The Morgan fingerprint density at radius 2 is 1.81 bits per heavy atom. The first-order valence-corrected chi connectivity index (χ1v) is 13.5. The largest absolute Gasteiger partial charge is 0.342 e. The van der Waals surface area contributed by atoms with Gasteiger partial charge in [-0.15, -0.1) is 0 Å². The number of aryl methyl sites for hydroxylation is 1. The molecule has 184 valence electrons. The lowest BCUT2D eigenvalue weighted by Gasteiger charge is -2.20. The van der Waals surface area contributed by atoms with E-state index in [0.717, 1.165) is 40.9 Å². The molecule has 0 aliphatic carbocycles. The summed E-state index contributed by atoms with van der Waals surface area (Å²) in [4.78, 5) is 17.3. The number of amidine groups is 2. The fourth-order valence-corrected chi connectivity index (χ4v) is 5.59. The highest BCUT2D eigenvalue weighted by molar-refractivity contribution is 8.26. The molecule has 0 saturated heterocycles. The second kappa shape index (κ2) is 10.7. The van der Waals surface area contributed by atoms with E-state index in [2.05, 4.69) is 71.1 Å². The molecule has 6 nitrogen and oxygen atoms in total. The van der Waals surface area contributed by atoms with Gasteiger partial charge in [0.1, 0.15) is 5.04 Å². The smallest absolute Gasteiger partial charge is 0.283 e. The predicted octanol–water partition coefficient (Wildman–Crippen LogP) is 6.98. The van der Waals surface area contributed by atoms with Crippen LogP contribution < -0.4 is 0 Å². The summed E-state index contributed by atoms with van der Waals surface area (Å²) in [6.07, 6.45) is 10.7. The van der Waals surface area contributed by atoms with Gasteiger partial charge in [0.2, 0.25) is 5.17 Å². The topological polar surface area (TPSA) is 73.8 Å². The Morgan fingerprint density at radius 1 is 1.03 bits per heavy atom. The SMILES string of the molecule is CCCCCCCC1=NN2C(=N)/C(=C\c3cn(Cc4ccccc4C)c4ccccc34)C(=O)N=C2S1. The van der Waals surface area contributed by atoms with Crippen molar-refractivity contribution in [3.8, 4) is 0 Å². The summed E-state index contributed by atoms with van der Waals surface area (Å²) in [5.74, 6) is -0.289. The molecular weight excluding hydrogens is 466 g/mol. The fraction of sp³-hybridized carbons (Fsp3) is 0.310. The van der Waals surface area contributed by atoms with E-state index >= 15 is 0 Å². The van der Waals surface area contributed by atoms with Gasteiger partial charge in [-0.05, 0) is 54.8 Å². The number of rotatable bonds is 9. The van der Waals surface area contributed by atoms with Crippen molar-refractivity contribution in [2.45, 2.75) is 58.9 Å². The summed E-state index contributed by atoms with van der Waals surface area (Å²) < 4.78 is 2.20. The molecule has 0 atom stereocenters. The molecule has 1 aromatic heterocycles. The van der Waals surface area contributed by atoms with E-state index in [4.69, 9.17) is 5.41 Å². The lowest BCUT2D eigenvalue weighted by Crippen LogP contribution is -2.35. The molecular formula is C29H31N5OS. The van der Waals surface area contributed by atoms with Gasteiger partial charge in [-0.3, -0.25) is 10.2 Å². The van der Waals surface area contributed by atoms with Gasteiger partial charge >= 0.3 is 0 Å². The van der Waals surface area contributed by atoms with Gasteiger partial charge in [-0.25, -0.2) is 0 Å². The number of carbonyl (C=O) groups is 1. The molecule has 1 N–H and O–H groups in total. The third-order valence-electron chi connectivity index (χ3n) is 6.71. The quantitative estimate of drug-likeness (QED) is 0.256. The number of nitrogens with zero attached hydrogens (tertiary/aromatic N) is 4. The number of aromatic nitrogens is 1. The average Bonchev–Trinajstić information content (AvgIpc) is 3.44. The van der Waals surface area contributed by atoms with Crippen molar-refractivity contribution >= 4 is 50.7 Å². The second-order valence-corrected chi connectivity index (χ2v) is 10.4. The number of fused-ring (bicyclic) bond motifs is 2. The van der Waals surface area contributed by atoms with E-state index in [1.807, 2.05) is 12.1 Å². The minimum atomic E-state index is -0.381. The third kappa shape index (κ3) is 4.93. The van der Waals surface area contributed by atoms with Gasteiger partial charge < -0.3 is 4.57 Å². The molecule has 7 heteroatoms. The standard InChI is InChI=1S/C29H31N5OS/c1-3-4-5-6-7-16-26-32-34-27(30)24(28(35)31-29(34)36-26)17-22-19-33(25-15-11-10-14-23(22)25)18-21-13-9-8-12-20(21)2/h8-15,17,19,30H,3-7,16,18H2,1-2H3/b24-17+,30-27?. The first kappa shape index (κ1) is 24.3. The minimum Gasteiger partial charge on any atom is -0.342 e. The van der Waals surface area contributed by atoms with Gasteiger partial charge in [0.15, 0.2) is 5.84 Å². The number of aliphatic imine (C=N–C) groups is 1. The van der Waals surface area contributed by atoms with Gasteiger partial charge in [-0.1, -0.05) is 75.1 Å². The van der Waals surface area contributed by atoms with E-state index in [1.165, 1.54) is 53.6 Å². The number of benzene rings is 2. The molecule has 2 aliphatic rings. The molecule has 0 bridgehead atoms. The number of unbranched alkanes of at least 4 members (excludes halogenated alkanes) is 4. The molecule has 0 unspecified atom stereocenters. The zero-order valence-corrected chi connectivity index (χ0v) is 21.6. The van der Waals surface area contributed by atoms with Crippen LogP contribution in [0.2, 0.25) is 0 Å². The maximum absolute atomic E-state index is 13.0. The highest BCUT2D eigenvalue weighted by Gasteiger charge is 2.35. The highest BCUT2D eigenvalue weighted by atomic mass is 32.2. The van der Waals surface area contributed by atoms with Crippen molar-refractivity contribution in [1.29, 1.82) is 5.41 Å². The maximum Gasteiger partial charge on any atom is 0.283 e. The van der Waals surface area contributed by atoms with Crippen LogP contribution in [0.15, 0.2) is 70.4 Å². The Hall–Kier alpha value is -3.45. The Kier molecular flexibility index (Phi) is 7.18. The summed E-state index contributed by atoms with van der Waals surface area (Å²) in [6, 6.07) is 16.5. The van der Waals surface area contributed by atoms with Gasteiger partial charge in [0.25, 0.3) is 5.91 Å². The lowest BCUT2D eigenvalue weighted by molar-refractivity contribution is -0.114. The van der Waals surface area contributed by atoms with E-state index in [0.29, 0.717) is 5.17 Å². The average molecular weight is 498 g/mol. The summed E-state index contributed by atoms with van der Waals surface area (Å²) in [5.41, 5.74) is 4.75. The van der Waals surface area contributed by atoms with Crippen molar-refractivity contribution < 1.29 is 4.79 Å². The Morgan fingerprint density at radius 3 is 2.64 bits per heavy atom. The number of thioether (sulfide) groups is 1. The van der Waals surface area contributed by atoms with Crippen LogP contribution in [-0.2, 0) is 11.3 Å². The molecule has 2 aromatic carbocycles. The molecule has 2 aliphatic heterocycles. The van der Waals surface area contributed by atoms with E-state index < -0.39 is 0 Å². The number of carbonyl (C=O) groups excluding carboxylic acids is 1. The van der Waals surface area contributed by atoms with Crippen LogP contribution in [0.25, 0.3) is 17.0 Å². The van der Waals surface area contributed by atoms with Crippen LogP contribution in [0.4, 0.5) is 0 Å². The van der Waals surface area contributed by atoms with Crippen LogP contribution >= 0.6 is 11.8 Å². The van der Waals surface area contributed by atoms with Crippen molar-refractivity contribution in [2.75, 3.05) is 0 Å². The van der Waals surface area contributed by atoms with Crippen LogP contribution in [0.1, 0.15) is 62.1 Å². The molecule has 5 rings (SSSR count). The highest BCUT2D eigenvalue weighted by Crippen LogP contribution is 2.32. The molecule has 0 fully saturated rings. The predicted molar refractivity (Wildman–Crippen MR) is 151 cm³/mol. The van der Waals surface area contributed by atoms with Gasteiger partial charge in [-0.2, -0.15) is 15.1 Å². The van der Waals surface area contributed by atoms with Crippen molar-refractivity contribution in [3.05, 3.63) is 77.0 Å². The number of hydrogen-bond acceptors (Lipinski definition) is 4. The van der Waals surface area contributed by atoms with E-state index in [1.54, 1.807) is 6.08 Å². The fourth-order valence-electron chi connectivity index (χ4n) is 4.66. The van der Waals surface area contributed by atoms with Gasteiger partial charge in [0, 0.05) is 29.2 Å². The van der Waals surface area contributed by atoms with Crippen LogP contribution in [0, 0.1) is 12.3 Å². The normalized spacial score (nSPS) is 16.6. The summed E-state index contributed by atoms with van der Waals surface area (Å²) >= 11 is 1.42. The first-order chi connectivity index (χ1) is 17.5. The summed E-state index contributed by atoms with van der Waals surface area (Å²) in [7, 11) is 0. The molecule has 1 amide bonds.